The summed E-state index contributed by atoms with van der Waals surface area (Å²) in [5, 5.41) is 11.0. The fourth-order valence-electron chi connectivity index (χ4n) is 3.87. The van der Waals surface area contributed by atoms with Crippen molar-refractivity contribution in [3.63, 3.8) is 0 Å². The summed E-state index contributed by atoms with van der Waals surface area (Å²) in [6.45, 7) is 2.37. The van der Waals surface area contributed by atoms with Crippen LogP contribution in [-0.2, 0) is 19.3 Å². The van der Waals surface area contributed by atoms with E-state index in [4.69, 9.17) is 4.74 Å². The third kappa shape index (κ3) is 3.28. The molecule has 7 nitrogen and oxygen atoms in total. The summed E-state index contributed by atoms with van der Waals surface area (Å²) in [6.07, 6.45) is 4.50. The Bertz CT molecular complexity index is 1100. The van der Waals surface area contributed by atoms with E-state index >= 15 is 0 Å². The number of rotatable bonds is 5. The summed E-state index contributed by atoms with van der Waals surface area (Å²) < 4.78 is 5.34. The number of aryl methyl sites for hydroxylation is 2. The highest BCUT2D eigenvalue weighted by molar-refractivity contribution is 5.94. The van der Waals surface area contributed by atoms with Gasteiger partial charge < -0.3 is 15.0 Å². The minimum atomic E-state index is -0.186. The average molecular weight is 380 g/mol. The fourth-order valence-corrected chi connectivity index (χ4v) is 3.87. The van der Waals surface area contributed by atoms with Gasteiger partial charge in [-0.1, -0.05) is 6.07 Å². The van der Waals surface area contributed by atoms with Crippen molar-refractivity contribution in [1.82, 2.24) is 20.5 Å². The molecule has 2 heterocycles. The van der Waals surface area contributed by atoms with Crippen LogP contribution in [0.4, 0.5) is 0 Å². The number of aromatic nitrogens is 3. The second-order valence-corrected chi connectivity index (χ2v) is 7.24. The molecule has 0 radical (unpaired) electrons. The number of nitrogens with zero attached hydrogens (tertiary/aromatic N) is 1. The lowest BCUT2D eigenvalue weighted by molar-refractivity contribution is 0.0948. The van der Waals surface area contributed by atoms with Crippen molar-refractivity contribution >= 4 is 16.8 Å². The van der Waals surface area contributed by atoms with Crippen LogP contribution in [0, 0.1) is 6.92 Å². The van der Waals surface area contributed by atoms with Crippen LogP contribution in [0.2, 0.25) is 0 Å². The summed E-state index contributed by atoms with van der Waals surface area (Å²) >= 11 is 0. The Hall–Kier alpha value is -3.09. The monoisotopic (exact) mass is 380 g/mol. The number of benzene rings is 1. The lowest BCUT2D eigenvalue weighted by Crippen LogP contribution is -2.28. The first-order valence-corrected chi connectivity index (χ1v) is 9.62. The Balaban J connectivity index is 1.49. The van der Waals surface area contributed by atoms with Crippen molar-refractivity contribution in [2.45, 2.75) is 39.0 Å². The number of pyridine rings is 1. The first kappa shape index (κ1) is 18.3. The van der Waals surface area contributed by atoms with Gasteiger partial charge in [0.05, 0.1) is 12.6 Å². The molecule has 0 fully saturated rings. The Labute approximate surface area is 162 Å². The molecule has 0 bridgehead atoms. The molecule has 1 amide bonds. The minimum absolute atomic E-state index is 0.164. The molecule has 28 heavy (non-hydrogen) atoms. The molecule has 7 heteroatoms. The van der Waals surface area contributed by atoms with Crippen LogP contribution >= 0.6 is 0 Å². The number of ether oxygens (including phenoxy) is 1. The van der Waals surface area contributed by atoms with Crippen LogP contribution in [0.25, 0.3) is 10.9 Å². The van der Waals surface area contributed by atoms with E-state index in [-0.39, 0.29) is 11.5 Å². The maximum atomic E-state index is 12.5. The summed E-state index contributed by atoms with van der Waals surface area (Å²) in [5.74, 6) is 0.454. The van der Waals surface area contributed by atoms with E-state index in [0.29, 0.717) is 35.5 Å². The van der Waals surface area contributed by atoms with Crippen molar-refractivity contribution in [2.75, 3.05) is 13.7 Å². The molecule has 1 aliphatic carbocycles. The van der Waals surface area contributed by atoms with E-state index in [9.17, 15) is 9.59 Å². The summed E-state index contributed by atoms with van der Waals surface area (Å²) in [4.78, 5) is 27.9. The molecule has 3 N–H and O–H groups in total. The van der Waals surface area contributed by atoms with Gasteiger partial charge in [0.15, 0.2) is 5.69 Å². The van der Waals surface area contributed by atoms with Gasteiger partial charge in [-0.05, 0) is 56.7 Å². The van der Waals surface area contributed by atoms with Crippen LogP contribution in [0.1, 0.15) is 45.7 Å². The molecule has 2 aromatic heterocycles. The number of hydrogen-bond acceptors (Lipinski definition) is 4. The van der Waals surface area contributed by atoms with E-state index in [1.807, 2.05) is 25.1 Å². The Morgan fingerprint density at radius 3 is 2.93 bits per heavy atom. The SMILES string of the molecule is COc1ccc(C)c2cc(CCNC(=O)c3n[nH]c4c3CCCC4)c(=O)[nH]c12. The van der Waals surface area contributed by atoms with Gasteiger partial charge in [-0.2, -0.15) is 5.10 Å². The number of nitrogens with one attached hydrogen (secondary N) is 3. The molecule has 0 saturated carbocycles. The molecular weight excluding hydrogens is 356 g/mol. The molecule has 1 aliphatic rings. The van der Waals surface area contributed by atoms with Crippen molar-refractivity contribution in [2.24, 2.45) is 0 Å². The molecule has 0 spiro atoms. The highest BCUT2D eigenvalue weighted by Crippen LogP contribution is 2.26. The number of carbonyl (C=O) groups is 1. The highest BCUT2D eigenvalue weighted by Gasteiger charge is 2.21. The van der Waals surface area contributed by atoms with Crippen LogP contribution in [0.5, 0.6) is 5.75 Å². The third-order valence-electron chi connectivity index (χ3n) is 5.45. The Kier molecular flexibility index (Phi) is 4.90. The minimum Gasteiger partial charge on any atom is -0.495 e. The first-order valence-electron chi connectivity index (χ1n) is 9.62. The fraction of sp³-hybridized carbons (Fsp3) is 0.381. The average Bonchev–Trinajstić information content (AvgIpc) is 3.13. The standard InChI is InChI=1S/C21H24N4O3/c1-12-7-8-17(28-2)18-15(12)11-13(20(26)23-18)9-10-22-21(27)19-14-5-3-4-6-16(14)24-25-19/h7-8,11H,3-6,9-10H2,1-2H3,(H,22,27)(H,23,26)(H,24,25). The zero-order chi connectivity index (χ0) is 19.7. The number of methoxy groups -OCH3 is 1. The normalized spacial score (nSPS) is 13.4. The first-order chi connectivity index (χ1) is 13.6. The van der Waals surface area contributed by atoms with Crippen LogP contribution in [0.3, 0.4) is 0 Å². The lowest BCUT2D eigenvalue weighted by Gasteiger charge is -2.11. The molecular formula is C21H24N4O3. The molecule has 0 aliphatic heterocycles. The molecule has 0 saturated heterocycles. The van der Waals surface area contributed by atoms with Gasteiger partial charge in [0, 0.05) is 28.8 Å². The van der Waals surface area contributed by atoms with Crippen LogP contribution in [0.15, 0.2) is 23.0 Å². The second-order valence-electron chi connectivity index (χ2n) is 7.24. The zero-order valence-electron chi connectivity index (χ0n) is 16.1. The van der Waals surface area contributed by atoms with Gasteiger partial charge in [0.2, 0.25) is 0 Å². The van der Waals surface area contributed by atoms with Crippen LogP contribution < -0.4 is 15.6 Å². The summed E-state index contributed by atoms with van der Waals surface area (Å²) in [6, 6.07) is 5.69. The van der Waals surface area contributed by atoms with Gasteiger partial charge in [0.25, 0.3) is 11.5 Å². The Morgan fingerprint density at radius 1 is 1.29 bits per heavy atom. The van der Waals surface area contributed by atoms with Gasteiger partial charge in [-0.25, -0.2) is 0 Å². The predicted molar refractivity (Wildman–Crippen MR) is 107 cm³/mol. The largest absolute Gasteiger partial charge is 0.495 e. The maximum Gasteiger partial charge on any atom is 0.272 e. The highest BCUT2D eigenvalue weighted by atomic mass is 16.5. The number of carbonyl (C=O) groups excluding carboxylic acids is 1. The quantitative estimate of drug-likeness (QED) is 0.633. The van der Waals surface area contributed by atoms with Gasteiger partial charge in [-0.3, -0.25) is 14.7 Å². The number of H-pyrrole nitrogens is 2. The Morgan fingerprint density at radius 2 is 2.11 bits per heavy atom. The van der Waals surface area contributed by atoms with Crippen molar-refractivity contribution < 1.29 is 9.53 Å². The van der Waals surface area contributed by atoms with Crippen LogP contribution in [-0.4, -0.2) is 34.7 Å². The maximum absolute atomic E-state index is 12.5. The summed E-state index contributed by atoms with van der Waals surface area (Å²) in [5.41, 5.74) is 4.82. The molecule has 0 unspecified atom stereocenters. The van der Waals surface area contributed by atoms with Crippen molar-refractivity contribution in [3.05, 3.63) is 56.6 Å². The second kappa shape index (κ2) is 7.50. The molecule has 4 rings (SSSR count). The summed E-state index contributed by atoms with van der Waals surface area (Å²) in [7, 11) is 1.58. The lowest BCUT2D eigenvalue weighted by atomic mass is 9.96. The van der Waals surface area contributed by atoms with Crippen molar-refractivity contribution in [1.29, 1.82) is 0 Å². The molecule has 1 aromatic carbocycles. The van der Waals surface area contributed by atoms with E-state index in [1.165, 1.54) is 0 Å². The van der Waals surface area contributed by atoms with Crippen molar-refractivity contribution in [3.8, 4) is 5.75 Å². The predicted octanol–water partition coefficient (Wildman–Crippen LogP) is 2.42. The smallest absolute Gasteiger partial charge is 0.272 e. The van der Waals surface area contributed by atoms with Gasteiger partial charge in [0.1, 0.15) is 5.75 Å². The number of amides is 1. The molecule has 3 aromatic rings. The van der Waals surface area contributed by atoms with E-state index < -0.39 is 0 Å². The zero-order valence-corrected chi connectivity index (χ0v) is 16.1. The van der Waals surface area contributed by atoms with Gasteiger partial charge >= 0.3 is 0 Å². The number of fused-ring (bicyclic) bond motifs is 2. The molecule has 146 valence electrons. The van der Waals surface area contributed by atoms with Gasteiger partial charge in [-0.15, -0.1) is 0 Å². The third-order valence-corrected chi connectivity index (χ3v) is 5.45. The molecule has 0 atom stereocenters. The number of hydrogen-bond donors (Lipinski definition) is 3. The van der Waals surface area contributed by atoms with E-state index in [0.717, 1.165) is 47.9 Å². The topological polar surface area (TPSA) is 99.9 Å². The van der Waals surface area contributed by atoms with E-state index in [2.05, 4.69) is 20.5 Å². The van der Waals surface area contributed by atoms with E-state index in [1.54, 1.807) is 7.11 Å². The number of aromatic amines is 2.